The van der Waals surface area contributed by atoms with Crippen LogP contribution in [0.4, 0.5) is 0 Å². The van der Waals surface area contributed by atoms with Crippen LogP contribution in [0.5, 0.6) is 0 Å². The third kappa shape index (κ3) is 3.73. The van der Waals surface area contributed by atoms with Crippen LogP contribution in [0.2, 0.25) is 0 Å². The Labute approximate surface area is 77.2 Å². The van der Waals surface area contributed by atoms with E-state index in [1.165, 1.54) is 13.8 Å². The lowest BCUT2D eigenvalue weighted by atomic mass is 10.1. The SMILES string of the molecule is C=C(C)C(=O)OC(C)C(C)C(=O)O. The molecular formula is C9H14O4. The van der Waals surface area contributed by atoms with E-state index in [0.717, 1.165) is 0 Å². The monoisotopic (exact) mass is 186 g/mol. The van der Waals surface area contributed by atoms with Gasteiger partial charge in [0.15, 0.2) is 0 Å². The van der Waals surface area contributed by atoms with Crippen molar-refractivity contribution in [2.24, 2.45) is 5.92 Å². The molecule has 0 bridgehead atoms. The Kier molecular flexibility index (Phi) is 4.17. The lowest BCUT2D eigenvalue weighted by Crippen LogP contribution is -2.28. The first-order chi connectivity index (χ1) is 5.86. The highest BCUT2D eigenvalue weighted by Crippen LogP contribution is 2.08. The summed E-state index contributed by atoms with van der Waals surface area (Å²) in [4.78, 5) is 21.4. The van der Waals surface area contributed by atoms with Crippen molar-refractivity contribution >= 4 is 11.9 Å². The molecule has 0 saturated heterocycles. The topological polar surface area (TPSA) is 63.6 Å². The van der Waals surface area contributed by atoms with Crippen LogP contribution in [0.25, 0.3) is 0 Å². The van der Waals surface area contributed by atoms with E-state index >= 15 is 0 Å². The normalized spacial score (nSPS) is 14.4. The first-order valence-corrected chi connectivity index (χ1v) is 3.95. The van der Waals surface area contributed by atoms with Gasteiger partial charge in [0.1, 0.15) is 6.10 Å². The Hall–Kier alpha value is -1.32. The van der Waals surface area contributed by atoms with E-state index in [4.69, 9.17) is 9.84 Å². The summed E-state index contributed by atoms with van der Waals surface area (Å²) in [6.45, 7) is 7.93. The summed E-state index contributed by atoms with van der Waals surface area (Å²) < 4.78 is 4.82. The summed E-state index contributed by atoms with van der Waals surface area (Å²) in [6.07, 6.45) is -0.637. The molecule has 0 aromatic heterocycles. The molecule has 0 aliphatic carbocycles. The number of carboxylic acids is 1. The zero-order chi connectivity index (χ0) is 10.6. The number of carbonyl (C=O) groups excluding carboxylic acids is 1. The van der Waals surface area contributed by atoms with Crippen molar-refractivity contribution in [1.82, 2.24) is 0 Å². The van der Waals surface area contributed by atoms with E-state index in [0.29, 0.717) is 0 Å². The van der Waals surface area contributed by atoms with Crippen LogP contribution in [0, 0.1) is 5.92 Å². The second kappa shape index (κ2) is 4.64. The van der Waals surface area contributed by atoms with Crippen LogP contribution in [-0.4, -0.2) is 23.1 Å². The Morgan fingerprint density at radius 3 is 2.15 bits per heavy atom. The first-order valence-electron chi connectivity index (χ1n) is 3.95. The van der Waals surface area contributed by atoms with Gasteiger partial charge in [0, 0.05) is 5.57 Å². The van der Waals surface area contributed by atoms with Crippen LogP contribution in [-0.2, 0) is 14.3 Å². The van der Waals surface area contributed by atoms with Crippen molar-refractivity contribution in [2.75, 3.05) is 0 Å². The van der Waals surface area contributed by atoms with Gasteiger partial charge in [-0.15, -0.1) is 0 Å². The van der Waals surface area contributed by atoms with Gasteiger partial charge in [-0.1, -0.05) is 6.58 Å². The summed E-state index contributed by atoms with van der Waals surface area (Å²) in [5.41, 5.74) is 0.268. The fraction of sp³-hybridized carbons (Fsp3) is 0.556. The molecule has 0 amide bonds. The van der Waals surface area contributed by atoms with Gasteiger partial charge >= 0.3 is 11.9 Å². The van der Waals surface area contributed by atoms with E-state index in [9.17, 15) is 9.59 Å². The van der Waals surface area contributed by atoms with Crippen LogP contribution in [0.1, 0.15) is 20.8 Å². The molecule has 0 heterocycles. The lowest BCUT2D eigenvalue weighted by molar-refractivity contribution is -0.153. The fourth-order valence-electron chi connectivity index (χ4n) is 0.572. The van der Waals surface area contributed by atoms with E-state index in [1.807, 2.05) is 0 Å². The van der Waals surface area contributed by atoms with Gasteiger partial charge in [0.25, 0.3) is 0 Å². The largest absolute Gasteiger partial charge is 0.481 e. The van der Waals surface area contributed by atoms with Crippen molar-refractivity contribution in [1.29, 1.82) is 0 Å². The summed E-state index contributed by atoms with van der Waals surface area (Å²) in [7, 11) is 0. The summed E-state index contributed by atoms with van der Waals surface area (Å²) >= 11 is 0. The molecule has 2 atom stereocenters. The minimum atomic E-state index is -0.984. The molecule has 1 N–H and O–H groups in total. The highest BCUT2D eigenvalue weighted by atomic mass is 16.5. The maximum atomic E-state index is 11.0. The fourth-order valence-corrected chi connectivity index (χ4v) is 0.572. The van der Waals surface area contributed by atoms with E-state index in [1.54, 1.807) is 6.92 Å². The Morgan fingerprint density at radius 1 is 1.38 bits per heavy atom. The molecule has 13 heavy (non-hydrogen) atoms. The average molecular weight is 186 g/mol. The van der Waals surface area contributed by atoms with Crippen molar-refractivity contribution in [3.05, 3.63) is 12.2 Å². The molecule has 0 saturated carbocycles. The molecule has 0 rings (SSSR count). The van der Waals surface area contributed by atoms with Gasteiger partial charge in [-0.25, -0.2) is 4.79 Å². The number of hydrogen-bond acceptors (Lipinski definition) is 3. The number of aliphatic carboxylic acids is 1. The quantitative estimate of drug-likeness (QED) is 0.529. The molecule has 4 nitrogen and oxygen atoms in total. The Bertz CT molecular complexity index is 232. The average Bonchev–Trinajstić information content (AvgIpc) is 2.02. The zero-order valence-electron chi connectivity index (χ0n) is 8.03. The van der Waals surface area contributed by atoms with Crippen molar-refractivity contribution in [2.45, 2.75) is 26.9 Å². The standard InChI is InChI=1S/C9H14O4/c1-5(2)9(12)13-7(4)6(3)8(10)11/h6-7H,1H2,2-4H3,(H,10,11). The minimum absolute atomic E-state index is 0.268. The van der Waals surface area contributed by atoms with Crippen molar-refractivity contribution in [3.8, 4) is 0 Å². The van der Waals surface area contributed by atoms with Gasteiger partial charge in [-0.3, -0.25) is 4.79 Å². The second-order valence-electron chi connectivity index (χ2n) is 3.02. The molecular weight excluding hydrogens is 172 g/mol. The molecule has 74 valence electrons. The number of esters is 1. The number of hydrogen-bond donors (Lipinski definition) is 1. The van der Waals surface area contributed by atoms with Crippen molar-refractivity contribution in [3.63, 3.8) is 0 Å². The third-order valence-corrected chi connectivity index (χ3v) is 1.74. The van der Waals surface area contributed by atoms with E-state index in [-0.39, 0.29) is 5.57 Å². The van der Waals surface area contributed by atoms with Crippen molar-refractivity contribution < 1.29 is 19.4 Å². The van der Waals surface area contributed by atoms with Crippen LogP contribution in [0.15, 0.2) is 12.2 Å². The number of rotatable bonds is 4. The Balaban J connectivity index is 4.15. The van der Waals surface area contributed by atoms with Crippen LogP contribution < -0.4 is 0 Å². The highest BCUT2D eigenvalue weighted by Gasteiger charge is 2.22. The van der Waals surface area contributed by atoms with Crippen LogP contribution >= 0.6 is 0 Å². The lowest BCUT2D eigenvalue weighted by Gasteiger charge is -2.16. The maximum Gasteiger partial charge on any atom is 0.333 e. The number of ether oxygens (including phenoxy) is 1. The van der Waals surface area contributed by atoms with Gasteiger partial charge in [-0.05, 0) is 20.8 Å². The molecule has 4 heteroatoms. The van der Waals surface area contributed by atoms with Gasteiger partial charge < -0.3 is 9.84 Å². The molecule has 0 aromatic carbocycles. The summed E-state index contributed by atoms with van der Waals surface area (Å²) in [5, 5.41) is 8.59. The second-order valence-corrected chi connectivity index (χ2v) is 3.02. The zero-order valence-corrected chi connectivity index (χ0v) is 8.03. The highest BCUT2D eigenvalue weighted by molar-refractivity contribution is 5.87. The van der Waals surface area contributed by atoms with Gasteiger partial charge in [0.2, 0.25) is 0 Å². The molecule has 0 fully saturated rings. The third-order valence-electron chi connectivity index (χ3n) is 1.74. The summed E-state index contributed by atoms with van der Waals surface area (Å²) in [5.74, 6) is -2.24. The van der Waals surface area contributed by atoms with Gasteiger partial charge in [0.05, 0.1) is 5.92 Å². The van der Waals surface area contributed by atoms with Crippen LogP contribution in [0.3, 0.4) is 0 Å². The molecule has 0 aromatic rings. The maximum absolute atomic E-state index is 11.0. The number of carboxylic acid groups (broad SMARTS) is 1. The predicted molar refractivity (Wildman–Crippen MR) is 47.2 cm³/mol. The predicted octanol–water partition coefficient (Wildman–Crippen LogP) is 1.21. The number of carbonyl (C=O) groups is 2. The minimum Gasteiger partial charge on any atom is -0.481 e. The first kappa shape index (κ1) is 11.7. The smallest absolute Gasteiger partial charge is 0.333 e. The molecule has 0 aliphatic heterocycles. The van der Waals surface area contributed by atoms with E-state index < -0.39 is 24.0 Å². The molecule has 0 aliphatic rings. The molecule has 0 radical (unpaired) electrons. The van der Waals surface area contributed by atoms with Gasteiger partial charge in [-0.2, -0.15) is 0 Å². The van der Waals surface area contributed by atoms with E-state index in [2.05, 4.69) is 6.58 Å². The Morgan fingerprint density at radius 2 is 1.85 bits per heavy atom. The molecule has 0 spiro atoms. The summed E-state index contributed by atoms with van der Waals surface area (Å²) in [6, 6.07) is 0. The molecule has 2 unspecified atom stereocenters.